The Morgan fingerprint density at radius 2 is 1.73 bits per heavy atom. The van der Waals surface area contributed by atoms with Crippen LogP contribution in [-0.4, -0.2) is 32.7 Å². The zero-order valence-electron chi connectivity index (χ0n) is 16.0. The van der Waals surface area contributed by atoms with Crippen LogP contribution in [0.15, 0.2) is 65.7 Å². The molecule has 0 atom stereocenters. The van der Waals surface area contributed by atoms with Gasteiger partial charge >= 0.3 is 5.97 Å². The largest absolute Gasteiger partial charge is 0.503 e. The van der Waals surface area contributed by atoms with Gasteiger partial charge in [-0.25, -0.2) is 4.79 Å². The van der Waals surface area contributed by atoms with Crippen LogP contribution in [0.5, 0.6) is 5.75 Å². The van der Waals surface area contributed by atoms with Crippen molar-refractivity contribution in [3.05, 3.63) is 87.8 Å². The number of aromatic carboxylic acids is 1. The van der Waals surface area contributed by atoms with Gasteiger partial charge in [-0.05, 0) is 41.7 Å². The van der Waals surface area contributed by atoms with Crippen molar-refractivity contribution < 1.29 is 19.8 Å². The molecule has 1 aliphatic carbocycles. The topological polar surface area (TPSA) is 109 Å². The van der Waals surface area contributed by atoms with Crippen molar-refractivity contribution in [3.63, 3.8) is 0 Å². The summed E-state index contributed by atoms with van der Waals surface area (Å²) >= 11 is 0. The summed E-state index contributed by atoms with van der Waals surface area (Å²) in [5, 5.41) is 22.0. The summed E-state index contributed by atoms with van der Waals surface area (Å²) in [7, 11) is 0. The molecule has 0 spiro atoms. The highest BCUT2D eigenvalue weighted by atomic mass is 16.4. The van der Waals surface area contributed by atoms with Crippen molar-refractivity contribution in [2.75, 3.05) is 0 Å². The van der Waals surface area contributed by atoms with Crippen LogP contribution in [0.1, 0.15) is 39.1 Å². The van der Waals surface area contributed by atoms with Crippen molar-refractivity contribution in [3.8, 4) is 16.9 Å². The van der Waals surface area contributed by atoms with Gasteiger partial charge in [0.15, 0.2) is 5.75 Å². The Bertz CT molecular complexity index is 1180. The van der Waals surface area contributed by atoms with E-state index in [1.807, 2.05) is 36.4 Å². The molecular weight excluding hydrogens is 384 g/mol. The average molecular weight is 404 g/mol. The Labute approximate surface area is 172 Å². The van der Waals surface area contributed by atoms with Crippen LogP contribution in [-0.2, 0) is 6.54 Å². The minimum absolute atomic E-state index is 0.0812. The molecule has 7 nitrogen and oxygen atoms in total. The molecule has 7 heteroatoms. The molecule has 0 radical (unpaired) electrons. The zero-order chi connectivity index (χ0) is 21.3. The molecule has 1 amide bonds. The van der Waals surface area contributed by atoms with Crippen LogP contribution in [0, 0.1) is 0 Å². The number of carboxylic acids is 1. The molecule has 3 N–H and O–H groups in total. The molecule has 0 aliphatic heterocycles. The number of rotatable bonds is 6. The normalized spacial score (nSPS) is 13.1. The number of amides is 1. The van der Waals surface area contributed by atoms with Crippen LogP contribution >= 0.6 is 0 Å². The zero-order valence-corrected chi connectivity index (χ0v) is 16.0. The summed E-state index contributed by atoms with van der Waals surface area (Å²) in [6, 6.07) is 15.1. The lowest BCUT2D eigenvalue weighted by atomic mass is 9.98. The second kappa shape index (κ2) is 7.87. The predicted octanol–water partition coefficient (Wildman–Crippen LogP) is 2.86. The number of hydrogen-bond donors (Lipinski definition) is 3. The van der Waals surface area contributed by atoms with E-state index in [2.05, 4.69) is 5.32 Å². The van der Waals surface area contributed by atoms with Crippen molar-refractivity contribution >= 4 is 11.9 Å². The Hall–Kier alpha value is -3.87. The number of pyridine rings is 1. The first-order chi connectivity index (χ1) is 14.4. The molecule has 1 aliphatic rings. The number of aromatic nitrogens is 1. The fourth-order valence-electron chi connectivity index (χ4n) is 3.29. The summed E-state index contributed by atoms with van der Waals surface area (Å²) < 4.78 is 1.47. The Balaban J connectivity index is 1.62. The molecule has 1 aromatic heterocycles. The van der Waals surface area contributed by atoms with Crippen molar-refractivity contribution in [1.82, 2.24) is 9.88 Å². The number of carbonyl (C=O) groups excluding carboxylic acids is 1. The summed E-state index contributed by atoms with van der Waals surface area (Å²) in [4.78, 5) is 35.2. The van der Waals surface area contributed by atoms with Crippen molar-refractivity contribution in [1.29, 1.82) is 0 Å². The maximum atomic E-state index is 12.2. The maximum absolute atomic E-state index is 12.2. The third kappa shape index (κ3) is 4.10. The molecule has 4 rings (SSSR count). The van der Waals surface area contributed by atoms with Gasteiger partial charge in [0, 0.05) is 24.3 Å². The summed E-state index contributed by atoms with van der Waals surface area (Å²) in [6.07, 6.45) is 4.49. The van der Waals surface area contributed by atoms with Crippen LogP contribution in [0.4, 0.5) is 0 Å². The second-order valence-electron chi connectivity index (χ2n) is 7.35. The summed E-state index contributed by atoms with van der Waals surface area (Å²) in [6.45, 7) is 0.258. The molecule has 1 fully saturated rings. The monoisotopic (exact) mass is 404 g/mol. The molecule has 0 bridgehead atoms. The second-order valence-corrected chi connectivity index (χ2v) is 7.35. The number of aromatic hydroxyl groups is 1. The minimum atomic E-state index is -1.39. The minimum Gasteiger partial charge on any atom is -0.503 e. The van der Waals surface area contributed by atoms with E-state index in [4.69, 9.17) is 0 Å². The van der Waals surface area contributed by atoms with E-state index in [-0.39, 0.29) is 12.5 Å². The third-order valence-electron chi connectivity index (χ3n) is 5.03. The molecule has 2 aromatic carbocycles. The van der Waals surface area contributed by atoms with Gasteiger partial charge in [0.2, 0.25) is 5.43 Å². The van der Waals surface area contributed by atoms with Gasteiger partial charge in [0.25, 0.3) is 5.91 Å². The Morgan fingerprint density at radius 3 is 2.40 bits per heavy atom. The number of benzene rings is 2. The van der Waals surface area contributed by atoms with E-state index in [9.17, 15) is 24.6 Å². The SMILES string of the molecule is O=C(NC1CC1)c1ccc(-c2ccccc2Cn2cc(O)c(=O)c(C(=O)O)c2)cc1. The molecule has 0 unspecified atom stereocenters. The van der Waals surface area contributed by atoms with Gasteiger partial charge in [0.1, 0.15) is 5.56 Å². The lowest BCUT2D eigenvalue weighted by Gasteiger charge is -2.13. The van der Waals surface area contributed by atoms with Gasteiger partial charge < -0.3 is 20.1 Å². The number of nitrogens with zero attached hydrogens (tertiary/aromatic N) is 1. The highest BCUT2D eigenvalue weighted by Gasteiger charge is 2.23. The molecule has 3 aromatic rings. The van der Waals surface area contributed by atoms with Gasteiger partial charge in [-0.15, -0.1) is 0 Å². The fourth-order valence-corrected chi connectivity index (χ4v) is 3.29. The number of nitrogens with one attached hydrogen (secondary N) is 1. The van der Waals surface area contributed by atoms with E-state index < -0.39 is 22.7 Å². The smallest absolute Gasteiger partial charge is 0.341 e. The lowest BCUT2D eigenvalue weighted by molar-refractivity contribution is 0.0693. The molecule has 1 saturated carbocycles. The number of hydrogen-bond acceptors (Lipinski definition) is 4. The molecule has 1 heterocycles. The third-order valence-corrected chi connectivity index (χ3v) is 5.03. The molecule has 30 heavy (non-hydrogen) atoms. The standard InChI is InChI=1S/C23H20N2O5/c26-20-13-25(12-19(21(20)27)23(29)30)11-16-3-1-2-4-18(16)14-5-7-15(8-6-14)22(28)24-17-9-10-17/h1-8,12-13,17,26H,9-11H2,(H,24,28)(H,29,30). The predicted molar refractivity (Wildman–Crippen MR) is 111 cm³/mol. The number of carbonyl (C=O) groups is 2. The van der Waals surface area contributed by atoms with Gasteiger partial charge in [-0.3, -0.25) is 9.59 Å². The lowest BCUT2D eigenvalue weighted by Crippen LogP contribution is -2.25. The first-order valence-electron chi connectivity index (χ1n) is 9.58. The first-order valence-corrected chi connectivity index (χ1v) is 9.58. The van der Waals surface area contributed by atoms with Gasteiger partial charge in [-0.1, -0.05) is 36.4 Å². The van der Waals surface area contributed by atoms with E-state index in [0.29, 0.717) is 11.6 Å². The summed E-state index contributed by atoms with van der Waals surface area (Å²) in [5.74, 6) is -2.08. The number of carboxylic acid groups (broad SMARTS) is 1. The highest BCUT2D eigenvalue weighted by molar-refractivity contribution is 5.95. The van der Waals surface area contributed by atoms with Crippen LogP contribution in [0.3, 0.4) is 0 Å². The van der Waals surface area contributed by atoms with Gasteiger partial charge in [-0.2, -0.15) is 0 Å². The molecule has 0 saturated heterocycles. The van der Waals surface area contributed by atoms with Crippen molar-refractivity contribution in [2.24, 2.45) is 0 Å². The van der Waals surface area contributed by atoms with Crippen LogP contribution < -0.4 is 10.7 Å². The summed E-state index contributed by atoms with van der Waals surface area (Å²) in [5.41, 5.74) is 1.87. The quantitative estimate of drug-likeness (QED) is 0.585. The highest BCUT2D eigenvalue weighted by Crippen LogP contribution is 2.26. The van der Waals surface area contributed by atoms with Gasteiger partial charge in [0.05, 0.1) is 6.20 Å². The van der Waals surface area contributed by atoms with E-state index in [1.165, 1.54) is 17.0 Å². The van der Waals surface area contributed by atoms with Crippen molar-refractivity contribution in [2.45, 2.75) is 25.4 Å². The maximum Gasteiger partial charge on any atom is 0.341 e. The molecule has 152 valence electrons. The first kappa shape index (κ1) is 19.4. The van der Waals surface area contributed by atoms with Crippen LogP contribution in [0.2, 0.25) is 0 Å². The Morgan fingerprint density at radius 1 is 1.03 bits per heavy atom. The van der Waals surface area contributed by atoms with E-state index in [1.54, 1.807) is 12.1 Å². The fraction of sp³-hybridized carbons (Fsp3) is 0.174. The molecular formula is C23H20N2O5. The van der Waals surface area contributed by atoms with E-state index >= 15 is 0 Å². The van der Waals surface area contributed by atoms with E-state index in [0.717, 1.165) is 29.5 Å². The Kier molecular flexibility index (Phi) is 5.10. The van der Waals surface area contributed by atoms with Crippen LogP contribution in [0.25, 0.3) is 11.1 Å². The average Bonchev–Trinajstić information content (AvgIpc) is 3.55.